The van der Waals surface area contributed by atoms with Crippen molar-refractivity contribution in [1.29, 1.82) is 0 Å². The van der Waals surface area contributed by atoms with E-state index in [9.17, 15) is 13.5 Å². The molecule has 1 aromatic rings. The quantitative estimate of drug-likeness (QED) is 0.819. The van der Waals surface area contributed by atoms with Crippen molar-refractivity contribution in [2.75, 3.05) is 6.61 Å². The van der Waals surface area contributed by atoms with Crippen LogP contribution in [0.2, 0.25) is 0 Å². The molecule has 5 nitrogen and oxygen atoms in total. The molecule has 1 saturated carbocycles. The molecular weight excluding hydrogens is 230 g/mol. The Labute approximate surface area is 93.9 Å². The van der Waals surface area contributed by atoms with Crippen LogP contribution >= 0.6 is 0 Å². The first-order valence-corrected chi connectivity index (χ1v) is 6.50. The van der Waals surface area contributed by atoms with Crippen LogP contribution in [0.25, 0.3) is 0 Å². The standard InChI is InChI=1S/C10H13NO4S/c11-16(13,14)10-8(12)2-1-3-9(10)15-6-7-4-5-7/h1-3,7,12H,4-6H2,(H2,11,13,14). The molecule has 0 aliphatic heterocycles. The Morgan fingerprint density at radius 3 is 2.69 bits per heavy atom. The number of nitrogens with two attached hydrogens (primary N) is 1. The van der Waals surface area contributed by atoms with E-state index in [4.69, 9.17) is 9.88 Å². The van der Waals surface area contributed by atoms with Crippen LogP contribution in [0.1, 0.15) is 12.8 Å². The Morgan fingerprint density at radius 1 is 1.44 bits per heavy atom. The molecule has 0 amide bonds. The Kier molecular flexibility index (Phi) is 2.77. The molecule has 0 atom stereocenters. The molecule has 1 aliphatic carbocycles. The summed E-state index contributed by atoms with van der Waals surface area (Å²) in [6.07, 6.45) is 2.20. The number of hydrogen-bond donors (Lipinski definition) is 2. The van der Waals surface area contributed by atoms with Crippen LogP contribution in [0.3, 0.4) is 0 Å². The molecular formula is C10H13NO4S. The molecule has 6 heteroatoms. The molecule has 0 aromatic heterocycles. The second-order valence-corrected chi connectivity index (χ2v) is 5.40. The summed E-state index contributed by atoms with van der Waals surface area (Å²) in [5, 5.41) is 14.5. The summed E-state index contributed by atoms with van der Waals surface area (Å²) in [5.41, 5.74) is 0. The summed E-state index contributed by atoms with van der Waals surface area (Å²) in [6, 6.07) is 4.28. The van der Waals surface area contributed by atoms with Crippen molar-refractivity contribution in [3.05, 3.63) is 18.2 Å². The van der Waals surface area contributed by atoms with Gasteiger partial charge in [0.2, 0.25) is 10.0 Å². The lowest BCUT2D eigenvalue weighted by molar-refractivity contribution is 0.289. The van der Waals surface area contributed by atoms with E-state index in [-0.39, 0.29) is 16.4 Å². The lowest BCUT2D eigenvalue weighted by Crippen LogP contribution is -2.14. The number of aromatic hydroxyl groups is 1. The second-order valence-electron chi connectivity index (χ2n) is 3.90. The maximum atomic E-state index is 11.3. The molecule has 1 aromatic carbocycles. The molecule has 1 fully saturated rings. The predicted molar refractivity (Wildman–Crippen MR) is 57.7 cm³/mol. The van der Waals surface area contributed by atoms with Crippen molar-refractivity contribution in [2.24, 2.45) is 11.1 Å². The molecule has 0 unspecified atom stereocenters. The molecule has 2 rings (SSSR count). The molecule has 0 bridgehead atoms. The second kappa shape index (κ2) is 3.95. The normalized spacial score (nSPS) is 16.1. The molecule has 0 spiro atoms. The lowest BCUT2D eigenvalue weighted by atomic mass is 10.3. The van der Waals surface area contributed by atoms with Gasteiger partial charge in [0.25, 0.3) is 0 Å². The first-order valence-electron chi connectivity index (χ1n) is 4.96. The average Bonchev–Trinajstić information content (AvgIpc) is 2.95. The van der Waals surface area contributed by atoms with Gasteiger partial charge in [0.1, 0.15) is 11.5 Å². The molecule has 88 valence electrons. The molecule has 0 radical (unpaired) electrons. The first kappa shape index (κ1) is 11.2. The Morgan fingerprint density at radius 2 is 2.12 bits per heavy atom. The van der Waals surface area contributed by atoms with Gasteiger partial charge in [-0.1, -0.05) is 6.07 Å². The van der Waals surface area contributed by atoms with Crippen LogP contribution in [0.15, 0.2) is 23.1 Å². The van der Waals surface area contributed by atoms with E-state index in [1.165, 1.54) is 18.2 Å². The number of sulfonamides is 1. The fraction of sp³-hybridized carbons (Fsp3) is 0.400. The third-order valence-corrected chi connectivity index (χ3v) is 3.39. The summed E-state index contributed by atoms with van der Waals surface area (Å²) < 4.78 is 27.9. The summed E-state index contributed by atoms with van der Waals surface area (Å²) in [4.78, 5) is -0.337. The zero-order valence-electron chi connectivity index (χ0n) is 8.59. The van der Waals surface area contributed by atoms with E-state index in [1.807, 2.05) is 0 Å². The van der Waals surface area contributed by atoms with Crippen molar-refractivity contribution in [3.63, 3.8) is 0 Å². The monoisotopic (exact) mass is 243 g/mol. The number of benzene rings is 1. The molecule has 3 N–H and O–H groups in total. The van der Waals surface area contributed by atoms with E-state index in [1.54, 1.807) is 0 Å². The highest BCUT2D eigenvalue weighted by atomic mass is 32.2. The number of rotatable bonds is 4. The van der Waals surface area contributed by atoms with Crippen LogP contribution in [-0.2, 0) is 10.0 Å². The average molecular weight is 243 g/mol. The number of ether oxygens (including phenoxy) is 1. The van der Waals surface area contributed by atoms with Gasteiger partial charge < -0.3 is 9.84 Å². The van der Waals surface area contributed by atoms with E-state index in [2.05, 4.69) is 0 Å². The van der Waals surface area contributed by atoms with Crippen molar-refractivity contribution >= 4 is 10.0 Å². The summed E-state index contributed by atoms with van der Waals surface area (Å²) in [7, 11) is -3.97. The SMILES string of the molecule is NS(=O)(=O)c1c(O)cccc1OCC1CC1. The number of phenols is 1. The van der Waals surface area contributed by atoms with Crippen LogP contribution < -0.4 is 9.88 Å². The van der Waals surface area contributed by atoms with E-state index in [0.29, 0.717) is 12.5 Å². The van der Waals surface area contributed by atoms with Gasteiger partial charge in [0, 0.05) is 0 Å². The van der Waals surface area contributed by atoms with Crippen molar-refractivity contribution < 1.29 is 18.3 Å². The third kappa shape index (κ3) is 2.45. The van der Waals surface area contributed by atoms with E-state index >= 15 is 0 Å². The molecule has 0 heterocycles. The van der Waals surface area contributed by atoms with E-state index < -0.39 is 10.0 Å². The van der Waals surface area contributed by atoms with E-state index in [0.717, 1.165) is 12.8 Å². The highest BCUT2D eigenvalue weighted by molar-refractivity contribution is 7.89. The van der Waals surface area contributed by atoms with Crippen molar-refractivity contribution in [1.82, 2.24) is 0 Å². The Bertz CT molecular complexity index is 494. The predicted octanol–water partition coefficient (Wildman–Crippen LogP) is 0.828. The molecule has 16 heavy (non-hydrogen) atoms. The summed E-state index contributed by atoms with van der Waals surface area (Å²) in [6.45, 7) is 0.464. The summed E-state index contributed by atoms with van der Waals surface area (Å²) >= 11 is 0. The Hall–Kier alpha value is -1.27. The fourth-order valence-corrected chi connectivity index (χ4v) is 2.16. The van der Waals surface area contributed by atoms with Crippen LogP contribution in [0.4, 0.5) is 0 Å². The first-order chi connectivity index (χ1) is 7.48. The van der Waals surface area contributed by atoms with Crippen LogP contribution in [0.5, 0.6) is 11.5 Å². The smallest absolute Gasteiger partial charge is 0.245 e. The third-order valence-electron chi connectivity index (χ3n) is 2.41. The van der Waals surface area contributed by atoms with Gasteiger partial charge in [0.15, 0.2) is 4.90 Å². The zero-order valence-corrected chi connectivity index (χ0v) is 9.40. The van der Waals surface area contributed by atoms with Gasteiger partial charge >= 0.3 is 0 Å². The van der Waals surface area contributed by atoms with Gasteiger partial charge in [0.05, 0.1) is 6.61 Å². The Balaban J connectivity index is 2.31. The van der Waals surface area contributed by atoms with Gasteiger partial charge in [-0.25, -0.2) is 13.6 Å². The number of primary sulfonamides is 1. The molecule has 1 aliphatic rings. The highest BCUT2D eigenvalue weighted by Crippen LogP contribution is 2.34. The molecule has 0 saturated heterocycles. The fourth-order valence-electron chi connectivity index (χ4n) is 1.40. The maximum Gasteiger partial charge on any atom is 0.245 e. The number of hydrogen-bond acceptors (Lipinski definition) is 4. The maximum absolute atomic E-state index is 11.3. The van der Waals surface area contributed by atoms with Gasteiger partial charge in [-0.2, -0.15) is 0 Å². The minimum atomic E-state index is -3.97. The van der Waals surface area contributed by atoms with Gasteiger partial charge in [-0.05, 0) is 30.9 Å². The largest absolute Gasteiger partial charge is 0.506 e. The zero-order chi connectivity index (χ0) is 11.8. The van der Waals surface area contributed by atoms with Crippen LogP contribution in [0, 0.1) is 5.92 Å². The topological polar surface area (TPSA) is 89.6 Å². The van der Waals surface area contributed by atoms with Gasteiger partial charge in [-0.3, -0.25) is 0 Å². The van der Waals surface area contributed by atoms with Crippen molar-refractivity contribution in [2.45, 2.75) is 17.7 Å². The summed E-state index contributed by atoms with van der Waals surface area (Å²) in [5.74, 6) is 0.237. The minimum absolute atomic E-state index is 0.120. The highest BCUT2D eigenvalue weighted by Gasteiger charge is 2.25. The minimum Gasteiger partial charge on any atom is -0.506 e. The van der Waals surface area contributed by atoms with Crippen molar-refractivity contribution in [3.8, 4) is 11.5 Å². The lowest BCUT2D eigenvalue weighted by Gasteiger charge is -2.10. The number of phenolic OH excluding ortho intramolecular Hbond substituents is 1. The van der Waals surface area contributed by atoms with Crippen LogP contribution in [-0.4, -0.2) is 20.1 Å². The van der Waals surface area contributed by atoms with Gasteiger partial charge in [-0.15, -0.1) is 0 Å².